The molecule has 0 atom stereocenters. The molecular formula is C16H22F2O. The summed E-state index contributed by atoms with van der Waals surface area (Å²) in [4.78, 5) is 0. The largest absolute Gasteiger partial charge is 0.491 e. The highest BCUT2D eigenvalue weighted by Crippen LogP contribution is 2.26. The molecule has 0 fully saturated rings. The minimum Gasteiger partial charge on any atom is -0.491 e. The fraction of sp³-hybridized carbons (Fsp3) is 0.375. The van der Waals surface area contributed by atoms with E-state index < -0.39 is 11.7 Å². The highest BCUT2D eigenvalue weighted by atomic mass is 19.2. The topological polar surface area (TPSA) is 9.23 Å². The molecule has 0 aliphatic heterocycles. The number of rotatable bonds is 7. The molecule has 0 N–H and O–H groups in total. The molecule has 0 aliphatic rings. The minimum atomic E-state index is -1.10. The van der Waals surface area contributed by atoms with Crippen molar-refractivity contribution >= 4 is 0 Å². The van der Waals surface area contributed by atoms with E-state index in [2.05, 4.69) is 13.2 Å². The number of allylic oxidation sites excluding steroid dienone is 7. The van der Waals surface area contributed by atoms with Crippen molar-refractivity contribution < 1.29 is 13.5 Å². The summed E-state index contributed by atoms with van der Waals surface area (Å²) in [6.45, 7) is 14.5. The van der Waals surface area contributed by atoms with E-state index in [1.165, 1.54) is 0 Å². The fourth-order valence-electron chi connectivity index (χ4n) is 1.15. The summed E-state index contributed by atoms with van der Waals surface area (Å²) < 4.78 is 32.3. The van der Waals surface area contributed by atoms with Gasteiger partial charge in [0.2, 0.25) is 5.83 Å². The maximum absolute atomic E-state index is 13.8. The Hall–Kier alpha value is -1.64. The van der Waals surface area contributed by atoms with Crippen LogP contribution in [0.25, 0.3) is 0 Å². The molecule has 0 amide bonds. The molecule has 0 aromatic heterocycles. The van der Waals surface area contributed by atoms with Crippen LogP contribution in [-0.4, -0.2) is 6.61 Å². The van der Waals surface area contributed by atoms with Gasteiger partial charge in [0.25, 0.3) is 0 Å². The van der Waals surface area contributed by atoms with Crippen molar-refractivity contribution in [3.63, 3.8) is 0 Å². The summed E-state index contributed by atoms with van der Waals surface area (Å²) in [5.41, 5.74) is 1.71. The summed E-state index contributed by atoms with van der Waals surface area (Å²) in [6, 6.07) is 0. The van der Waals surface area contributed by atoms with Crippen molar-refractivity contribution in [1.82, 2.24) is 0 Å². The van der Waals surface area contributed by atoms with Gasteiger partial charge in [-0.05, 0) is 32.8 Å². The predicted molar refractivity (Wildman–Crippen MR) is 77.0 cm³/mol. The second kappa shape index (κ2) is 8.46. The van der Waals surface area contributed by atoms with Crippen LogP contribution in [0.5, 0.6) is 0 Å². The summed E-state index contributed by atoms with van der Waals surface area (Å²) in [5.74, 6) is -2.44. The molecule has 106 valence electrons. The molecule has 0 bridgehead atoms. The summed E-state index contributed by atoms with van der Waals surface area (Å²) in [6.07, 6.45) is 4.49. The molecule has 3 heteroatoms. The normalized spacial score (nSPS) is 14.0. The Morgan fingerprint density at radius 2 is 1.63 bits per heavy atom. The van der Waals surface area contributed by atoms with Crippen molar-refractivity contribution in [2.75, 3.05) is 6.61 Å². The first-order chi connectivity index (χ1) is 8.84. The molecule has 1 nitrogen and oxygen atoms in total. The first-order valence-electron chi connectivity index (χ1n) is 6.26. The van der Waals surface area contributed by atoms with Crippen molar-refractivity contribution in [3.8, 4) is 0 Å². The Morgan fingerprint density at radius 3 is 2.11 bits per heavy atom. The van der Waals surface area contributed by atoms with E-state index in [0.29, 0.717) is 5.57 Å². The van der Waals surface area contributed by atoms with Crippen LogP contribution >= 0.6 is 0 Å². The second-order valence-electron chi connectivity index (χ2n) is 4.18. The van der Waals surface area contributed by atoms with Crippen LogP contribution in [0.15, 0.2) is 59.4 Å². The van der Waals surface area contributed by atoms with Gasteiger partial charge in [0.05, 0.1) is 6.61 Å². The molecule has 0 aromatic carbocycles. The van der Waals surface area contributed by atoms with Gasteiger partial charge in [0.15, 0.2) is 11.6 Å². The molecule has 0 aromatic rings. The third-order valence-electron chi connectivity index (χ3n) is 2.67. The highest BCUT2D eigenvalue weighted by Gasteiger charge is 2.14. The third kappa shape index (κ3) is 5.69. The van der Waals surface area contributed by atoms with E-state index >= 15 is 0 Å². The van der Waals surface area contributed by atoms with Gasteiger partial charge in [-0.2, -0.15) is 4.39 Å². The number of ether oxygens (including phenoxy) is 1. The zero-order valence-corrected chi connectivity index (χ0v) is 12.1. The SMILES string of the molecule is C=C(OCC)/C(F)=C(/F)C(=C)/C(C)=C/C=C(/C)CC. The average Bonchev–Trinajstić information content (AvgIpc) is 2.41. The van der Waals surface area contributed by atoms with E-state index in [0.717, 1.165) is 12.0 Å². The van der Waals surface area contributed by atoms with Crippen molar-refractivity contribution in [2.24, 2.45) is 0 Å². The lowest BCUT2D eigenvalue weighted by atomic mass is 10.1. The van der Waals surface area contributed by atoms with Crippen LogP contribution in [-0.2, 0) is 4.74 Å². The van der Waals surface area contributed by atoms with Crippen LogP contribution in [0.2, 0.25) is 0 Å². The molecule has 0 saturated carbocycles. The number of hydrogen-bond acceptors (Lipinski definition) is 1. The molecule has 19 heavy (non-hydrogen) atoms. The first-order valence-corrected chi connectivity index (χ1v) is 6.26. The zero-order valence-electron chi connectivity index (χ0n) is 12.1. The Balaban J connectivity index is 5.10. The summed E-state index contributed by atoms with van der Waals surface area (Å²) in [5, 5.41) is 0. The Labute approximate surface area is 114 Å². The van der Waals surface area contributed by atoms with Gasteiger partial charge < -0.3 is 4.74 Å². The molecule has 0 spiro atoms. The smallest absolute Gasteiger partial charge is 0.200 e. The Morgan fingerprint density at radius 1 is 1.05 bits per heavy atom. The molecule has 0 heterocycles. The summed E-state index contributed by atoms with van der Waals surface area (Å²) in [7, 11) is 0. The van der Waals surface area contributed by atoms with Gasteiger partial charge in [-0.3, -0.25) is 0 Å². The van der Waals surface area contributed by atoms with Gasteiger partial charge in [-0.25, -0.2) is 4.39 Å². The van der Waals surface area contributed by atoms with E-state index in [9.17, 15) is 8.78 Å². The minimum absolute atomic E-state index is 0.00138. The van der Waals surface area contributed by atoms with Crippen molar-refractivity contribution in [1.29, 1.82) is 0 Å². The lowest BCUT2D eigenvalue weighted by Gasteiger charge is -2.08. The monoisotopic (exact) mass is 268 g/mol. The molecule has 0 rings (SSSR count). The molecule has 0 saturated heterocycles. The van der Waals surface area contributed by atoms with Crippen molar-refractivity contribution in [3.05, 3.63) is 59.4 Å². The second-order valence-corrected chi connectivity index (χ2v) is 4.18. The lowest BCUT2D eigenvalue weighted by Crippen LogP contribution is -1.95. The number of hydrogen-bond donors (Lipinski definition) is 0. The standard InChI is InChI=1S/C16H22F2O/c1-7-11(3)9-10-12(4)13(5)15(17)16(18)14(6)19-8-2/h9-10H,5-8H2,1-4H3/b11-9-,12-10+,16-15-. The highest BCUT2D eigenvalue weighted by molar-refractivity contribution is 5.45. The van der Waals surface area contributed by atoms with Crippen LogP contribution in [0, 0.1) is 0 Å². The lowest BCUT2D eigenvalue weighted by molar-refractivity contribution is 0.224. The number of halogens is 2. The molecule has 0 unspecified atom stereocenters. The average molecular weight is 268 g/mol. The van der Waals surface area contributed by atoms with E-state index in [1.54, 1.807) is 19.9 Å². The van der Waals surface area contributed by atoms with Crippen LogP contribution in [0.4, 0.5) is 8.78 Å². The van der Waals surface area contributed by atoms with Gasteiger partial charge in [-0.15, -0.1) is 0 Å². The molecule has 0 radical (unpaired) electrons. The Bertz CT molecular complexity index is 440. The van der Waals surface area contributed by atoms with E-state index in [-0.39, 0.29) is 17.9 Å². The molecule has 0 aliphatic carbocycles. The third-order valence-corrected chi connectivity index (χ3v) is 2.67. The predicted octanol–water partition coefficient (Wildman–Crippen LogP) is 5.55. The molecular weight excluding hydrogens is 246 g/mol. The van der Waals surface area contributed by atoms with Crippen LogP contribution in [0.1, 0.15) is 34.1 Å². The van der Waals surface area contributed by atoms with Crippen LogP contribution in [0.3, 0.4) is 0 Å². The first kappa shape index (κ1) is 17.4. The van der Waals surface area contributed by atoms with Gasteiger partial charge in [0.1, 0.15) is 0 Å². The van der Waals surface area contributed by atoms with Crippen LogP contribution < -0.4 is 0 Å². The maximum Gasteiger partial charge on any atom is 0.200 e. The van der Waals surface area contributed by atoms with E-state index in [1.807, 2.05) is 19.9 Å². The maximum atomic E-state index is 13.8. The van der Waals surface area contributed by atoms with Gasteiger partial charge in [0, 0.05) is 5.57 Å². The van der Waals surface area contributed by atoms with Gasteiger partial charge >= 0.3 is 0 Å². The van der Waals surface area contributed by atoms with E-state index in [4.69, 9.17) is 4.74 Å². The van der Waals surface area contributed by atoms with Crippen molar-refractivity contribution in [2.45, 2.75) is 34.1 Å². The summed E-state index contributed by atoms with van der Waals surface area (Å²) >= 11 is 0. The fourth-order valence-corrected chi connectivity index (χ4v) is 1.15. The zero-order chi connectivity index (χ0) is 15.0. The Kier molecular flexibility index (Phi) is 7.73. The van der Waals surface area contributed by atoms with Gasteiger partial charge in [-0.1, -0.05) is 37.8 Å². The quantitative estimate of drug-likeness (QED) is 0.434.